The summed E-state index contributed by atoms with van der Waals surface area (Å²) in [5.74, 6) is -0.415. The molecule has 1 atom stereocenters. The largest absolute Gasteiger partial charge is 0.416 e. The van der Waals surface area contributed by atoms with Crippen LogP contribution >= 0.6 is 0 Å². The van der Waals surface area contributed by atoms with Gasteiger partial charge in [-0.05, 0) is 54.3 Å². The van der Waals surface area contributed by atoms with Crippen molar-refractivity contribution in [1.29, 1.82) is 0 Å². The summed E-state index contributed by atoms with van der Waals surface area (Å²) in [5.41, 5.74) is 0.555. The van der Waals surface area contributed by atoms with Crippen LogP contribution in [0.15, 0.2) is 66.7 Å². The zero-order chi connectivity index (χ0) is 23.6. The van der Waals surface area contributed by atoms with Gasteiger partial charge in [-0.3, -0.25) is 9.59 Å². The number of benzene rings is 3. The molecule has 7 heteroatoms. The number of hydrogen-bond acceptors (Lipinski definition) is 2. The van der Waals surface area contributed by atoms with E-state index in [1.54, 1.807) is 11.8 Å². The third-order valence-corrected chi connectivity index (χ3v) is 6.27. The second-order valence-electron chi connectivity index (χ2n) is 8.44. The zero-order valence-electron chi connectivity index (χ0n) is 18.2. The summed E-state index contributed by atoms with van der Waals surface area (Å²) in [6, 6.07) is 17.8. The zero-order valence-corrected chi connectivity index (χ0v) is 18.2. The number of fused-ring (bicyclic) bond motifs is 1. The molecule has 0 radical (unpaired) electrons. The van der Waals surface area contributed by atoms with Gasteiger partial charge in [-0.25, -0.2) is 0 Å². The molecule has 1 aliphatic rings. The van der Waals surface area contributed by atoms with E-state index in [2.05, 4.69) is 5.32 Å². The molecule has 33 heavy (non-hydrogen) atoms. The van der Waals surface area contributed by atoms with Gasteiger partial charge in [-0.1, -0.05) is 48.5 Å². The van der Waals surface area contributed by atoms with Crippen molar-refractivity contribution in [2.24, 2.45) is 5.92 Å². The Kier molecular flexibility index (Phi) is 6.40. The normalized spacial score (nSPS) is 15.9. The topological polar surface area (TPSA) is 49.4 Å². The van der Waals surface area contributed by atoms with Crippen molar-refractivity contribution in [2.45, 2.75) is 32.0 Å². The Bertz CT molecular complexity index is 1140. The lowest BCUT2D eigenvalue weighted by Gasteiger charge is -2.32. The summed E-state index contributed by atoms with van der Waals surface area (Å²) in [6.45, 7) is 2.71. The molecule has 0 aliphatic carbocycles. The number of rotatable bonds is 4. The van der Waals surface area contributed by atoms with Gasteiger partial charge in [0.2, 0.25) is 5.91 Å². The minimum Gasteiger partial charge on any atom is -0.349 e. The summed E-state index contributed by atoms with van der Waals surface area (Å²) < 4.78 is 38.2. The number of carbonyl (C=O) groups excluding carboxylic acids is 2. The lowest BCUT2D eigenvalue weighted by molar-refractivity contribution is -0.137. The molecule has 3 aromatic carbocycles. The Labute approximate surface area is 190 Å². The number of nitrogens with zero attached hydrogens (tertiary/aromatic N) is 1. The molecular weight excluding hydrogens is 429 g/mol. The monoisotopic (exact) mass is 454 g/mol. The average molecular weight is 454 g/mol. The van der Waals surface area contributed by atoms with Crippen LogP contribution in [0.25, 0.3) is 10.8 Å². The van der Waals surface area contributed by atoms with Gasteiger partial charge in [0.25, 0.3) is 5.91 Å². The fourth-order valence-corrected chi connectivity index (χ4v) is 4.30. The molecule has 1 fully saturated rings. The first-order valence-corrected chi connectivity index (χ1v) is 11.0. The summed E-state index contributed by atoms with van der Waals surface area (Å²) in [7, 11) is 0. The molecule has 3 aromatic rings. The van der Waals surface area contributed by atoms with Gasteiger partial charge in [0, 0.05) is 24.6 Å². The first-order valence-electron chi connectivity index (χ1n) is 11.0. The van der Waals surface area contributed by atoms with E-state index in [9.17, 15) is 22.8 Å². The van der Waals surface area contributed by atoms with E-state index in [-0.39, 0.29) is 17.7 Å². The predicted molar refractivity (Wildman–Crippen MR) is 121 cm³/mol. The maximum atomic E-state index is 13.1. The number of piperidine rings is 1. The molecular formula is C26H25F3N2O2. The highest BCUT2D eigenvalue weighted by molar-refractivity contribution is 6.07. The number of amides is 2. The molecule has 4 rings (SSSR count). The summed E-state index contributed by atoms with van der Waals surface area (Å²) in [6.07, 6.45) is -3.30. The van der Waals surface area contributed by atoms with Crippen LogP contribution in [-0.2, 0) is 11.0 Å². The average Bonchev–Trinajstić information content (AvgIpc) is 2.83. The Morgan fingerprint density at radius 2 is 1.58 bits per heavy atom. The van der Waals surface area contributed by atoms with Crippen LogP contribution in [0.1, 0.15) is 47.3 Å². The van der Waals surface area contributed by atoms with Crippen molar-refractivity contribution < 1.29 is 22.8 Å². The molecule has 1 heterocycles. The number of halogens is 3. The molecule has 2 amide bonds. The number of likely N-dealkylation sites (tertiary alicyclic amines) is 1. The SMILES string of the molecule is CC(NC(=O)C1CCN(C(=O)c2cccc3ccccc23)CC1)c1ccc(C(F)(F)F)cc1. The quantitative estimate of drug-likeness (QED) is 0.559. The van der Waals surface area contributed by atoms with Crippen LogP contribution in [0.3, 0.4) is 0 Å². The van der Waals surface area contributed by atoms with Crippen LogP contribution in [0.5, 0.6) is 0 Å². The Morgan fingerprint density at radius 3 is 2.24 bits per heavy atom. The highest BCUT2D eigenvalue weighted by atomic mass is 19.4. The van der Waals surface area contributed by atoms with Gasteiger partial charge in [-0.2, -0.15) is 13.2 Å². The first kappa shape index (κ1) is 22.8. The van der Waals surface area contributed by atoms with Gasteiger partial charge < -0.3 is 10.2 Å². The van der Waals surface area contributed by atoms with E-state index >= 15 is 0 Å². The molecule has 1 aliphatic heterocycles. The number of carbonyl (C=O) groups is 2. The van der Waals surface area contributed by atoms with Crippen molar-refractivity contribution in [3.8, 4) is 0 Å². The minimum absolute atomic E-state index is 0.0382. The van der Waals surface area contributed by atoms with Gasteiger partial charge in [0.05, 0.1) is 11.6 Å². The van der Waals surface area contributed by atoms with E-state index in [0.29, 0.717) is 37.1 Å². The molecule has 4 nitrogen and oxygen atoms in total. The standard InChI is InChI=1S/C26H25F3N2O2/c1-17(18-9-11-21(12-10-18)26(27,28)29)30-24(32)20-13-15-31(16-14-20)25(33)23-8-4-6-19-5-2-3-7-22(19)23/h2-12,17,20H,13-16H2,1H3,(H,30,32). The lowest BCUT2D eigenvalue weighted by Crippen LogP contribution is -2.43. The number of alkyl halides is 3. The predicted octanol–water partition coefficient (Wildman–Crippen LogP) is 5.59. The van der Waals surface area contributed by atoms with Crippen molar-refractivity contribution in [1.82, 2.24) is 10.2 Å². The summed E-state index contributed by atoms with van der Waals surface area (Å²) in [4.78, 5) is 27.6. The second-order valence-corrected chi connectivity index (χ2v) is 8.44. The maximum absolute atomic E-state index is 13.1. The highest BCUT2D eigenvalue weighted by Crippen LogP contribution is 2.30. The third kappa shape index (κ3) is 5.02. The van der Waals surface area contributed by atoms with E-state index in [0.717, 1.165) is 22.9 Å². The van der Waals surface area contributed by atoms with E-state index in [1.807, 2.05) is 42.5 Å². The molecule has 0 saturated carbocycles. The molecule has 1 unspecified atom stereocenters. The lowest BCUT2D eigenvalue weighted by atomic mass is 9.94. The van der Waals surface area contributed by atoms with Crippen LogP contribution in [0, 0.1) is 5.92 Å². The Morgan fingerprint density at radius 1 is 0.939 bits per heavy atom. The van der Waals surface area contributed by atoms with Gasteiger partial charge >= 0.3 is 6.18 Å². The molecule has 1 saturated heterocycles. The van der Waals surface area contributed by atoms with Crippen LogP contribution in [-0.4, -0.2) is 29.8 Å². The van der Waals surface area contributed by atoms with Crippen molar-refractivity contribution in [3.63, 3.8) is 0 Å². The van der Waals surface area contributed by atoms with Crippen molar-refractivity contribution >= 4 is 22.6 Å². The smallest absolute Gasteiger partial charge is 0.349 e. The summed E-state index contributed by atoms with van der Waals surface area (Å²) >= 11 is 0. The minimum atomic E-state index is -4.39. The van der Waals surface area contributed by atoms with E-state index in [4.69, 9.17) is 0 Å². The van der Waals surface area contributed by atoms with Gasteiger partial charge in [0.15, 0.2) is 0 Å². The van der Waals surface area contributed by atoms with Crippen LogP contribution in [0.2, 0.25) is 0 Å². The van der Waals surface area contributed by atoms with E-state index < -0.39 is 17.8 Å². The fourth-order valence-electron chi connectivity index (χ4n) is 4.30. The third-order valence-electron chi connectivity index (χ3n) is 6.27. The molecule has 0 aromatic heterocycles. The first-order chi connectivity index (χ1) is 15.7. The second kappa shape index (κ2) is 9.25. The van der Waals surface area contributed by atoms with Crippen molar-refractivity contribution in [3.05, 3.63) is 83.4 Å². The fraction of sp³-hybridized carbons (Fsp3) is 0.308. The Balaban J connectivity index is 1.34. The molecule has 172 valence electrons. The molecule has 0 bridgehead atoms. The number of nitrogens with one attached hydrogen (secondary N) is 1. The van der Waals surface area contributed by atoms with Gasteiger partial charge in [0.1, 0.15) is 0 Å². The molecule has 0 spiro atoms. The summed E-state index contributed by atoms with van der Waals surface area (Å²) in [5, 5.41) is 4.82. The maximum Gasteiger partial charge on any atom is 0.416 e. The number of hydrogen-bond donors (Lipinski definition) is 1. The van der Waals surface area contributed by atoms with E-state index in [1.165, 1.54) is 12.1 Å². The van der Waals surface area contributed by atoms with Crippen molar-refractivity contribution in [2.75, 3.05) is 13.1 Å². The molecule has 1 N–H and O–H groups in total. The van der Waals surface area contributed by atoms with Crippen LogP contribution < -0.4 is 5.32 Å². The Hall–Kier alpha value is -3.35. The van der Waals surface area contributed by atoms with Crippen LogP contribution in [0.4, 0.5) is 13.2 Å². The van der Waals surface area contributed by atoms with Gasteiger partial charge in [-0.15, -0.1) is 0 Å². The highest BCUT2D eigenvalue weighted by Gasteiger charge is 2.31.